The van der Waals surface area contributed by atoms with Gasteiger partial charge in [0.25, 0.3) is 5.91 Å². The van der Waals surface area contributed by atoms with E-state index in [-0.39, 0.29) is 18.2 Å². The molecule has 0 aliphatic carbocycles. The quantitative estimate of drug-likeness (QED) is 0.473. The lowest BCUT2D eigenvalue weighted by molar-refractivity contribution is -0.143. The van der Waals surface area contributed by atoms with Crippen molar-refractivity contribution >= 4 is 46.4 Å². The summed E-state index contributed by atoms with van der Waals surface area (Å²) >= 11 is 13.1. The van der Waals surface area contributed by atoms with Gasteiger partial charge in [-0.1, -0.05) is 23.2 Å². The van der Waals surface area contributed by atoms with Crippen LogP contribution in [-0.4, -0.2) is 37.6 Å². The molecular weight excluding hydrogens is 463 g/mol. The highest BCUT2D eigenvalue weighted by atomic mass is 35.5. The number of hydrogen-bond acceptors (Lipinski definition) is 7. The fraction of sp³-hybridized carbons (Fsp3) is 0.190. The number of esters is 1. The molecule has 1 amide bonds. The summed E-state index contributed by atoms with van der Waals surface area (Å²) in [5.41, 5.74) is 1.74. The molecule has 0 bridgehead atoms. The van der Waals surface area contributed by atoms with Crippen LogP contribution in [0.25, 0.3) is 10.6 Å². The minimum atomic E-state index is -0.589. The van der Waals surface area contributed by atoms with Gasteiger partial charge in [0.15, 0.2) is 11.5 Å². The summed E-state index contributed by atoms with van der Waals surface area (Å²) in [6.07, 6.45) is 0. The van der Waals surface area contributed by atoms with Crippen LogP contribution >= 0.6 is 34.5 Å². The van der Waals surface area contributed by atoms with Crippen LogP contribution in [0.1, 0.15) is 16.1 Å². The molecule has 0 atom stereocenters. The summed E-state index contributed by atoms with van der Waals surface area (Å²) in [6.45, 7) is -0.295. The lowest BCUT2D eigenvalue weighted by Crippen LogP contribution is -2.30. The van der Waals surface area contributed by atoms with Gasteiger partial charge in [-0.05, 0) is 36.4 Å². The Morgan fingerprint density at radius 1 is 1.03 bits per heavy atom. The monoisotopic (exact) mass is 480 g/mol. The summed E-state index contributed by atoms with van der Waals surface area (Å²) in [7, 11) is 3.13. The van der Waals surface area contributed by atoms with Crippen molar-refractivity contribution in [1.82, 2.24) is 10.3 Å². The second kappa shape index (κ2) is 10.5. The van der Waals surface area contributed by atoms with E-state index in [9.17, 15) is 9.59 Å². The first kappa shape index (κ1) is 22.9. The van der Waals surface area contributed by atoms with Gasteiger partial charge in [-0.25, -0.2) is 4.98 Å². The van der Waals surface area contributed by atoms with Gasteiger partial charge in [0, 0.05) is 16.5 Å². The molecule has 0 saturated heterocycles. The van der Waals surface area contributed by atoms with Crippen LogP contribution in [0.2, 0.25) is 10.0 Å². The number of benzene rings is 2. The van der Waals surface area contributed by atoms with Crippen molar-refractivity contribution < 1.29 is 23.8 Å². The maximum absolute atomic E-state index is 12.1. The SMILES string of the molecule is COc1ccc(-c2nc(COC(=O)CNC(=O)c3ccc(Cl)c(Cl)c3)cs2)cc1OC. The Balaban J connectivity index is 1.52. The fourth-order valence-corrected chi connectivity index (χ4v) is 3.67. The molecule has 0 aliphatic heterocycles. The van der Waals surface area contributed by atoms with E-state index in [0.29, 0.717) is 27.8 Å². The Morgan fingerprint density at radius 2 is 1.81 bits per heavy atom. The first-order chi connectivity index (χ1) is 14.9. The van der Waals surface area contributed by atoms with Crippen LogP contribution in [0.15, 0.2) is 41.8 Å². The third-order valence-electron chi connectivity index (χ3n) is 4.14. The Kier molecular flexibility index (Phi) is 7.73. The normalized spacial score (nSPS) is 10.5. The van der Waals surface area contributed by atoms with Gasteiger partial charge in [-0.15, -0.1) is 11.3 Å². The number of nitrogens with one attached hydrogen (secondary N) is 1. The molecule has 3 aromatic rings. The number of aromatic nitrogens is 1. The van der Waals surface area contributed by atoms with Gasteiger partial charge in [-0.2, -0.15) is 0 Å². The van der Waals surface area contributed by atoms with Crippen LogP contribution in [0.5, 0.6) is 11.5 Å². The molecule has 1 N–H and O–H groups in total. The van der Waals surface area contributed by atoms with Crippen molar-refractivity contribution in [2.75, 3.05) is 20.8 Å². The predicted octanol–water partition coefficient (Wildman–Crippen LogP) is 4.61. The molecule has 0 spiro atoms. The molecule has 3 rings (SSSR count). The molecule has 2 aromatic carbocycles. The molecular formula is C21H18Cl2N2O5S. The number of carbonyl (C=O) groups excluding carboxylic acids is 2. The Labute approximate surface area is 192 Å². The van der Waals surface area contributed by atoms with E-state index in [2.05, 4.69) is 10.3 Å². The number of rotatable bonds is 8. The molecule has 0 unspecified atom stereocenters. The average Bonchev–Trinajstić information content (AvgIpc) is 3.26. The lowest BCUT2D eigenvalue weighted by atomic mass is 10.2. The van der Waals surface area contributed by atoms with Crippen molar-refractivity contribution in [3.8, 4) is 22.1 Å². The second-order valence-electron chi connectivity index (χ2n) is 6.19. The van der Waals surface area contributed by atoms with Crippen molar-refractivity contribution in [3.63, 3.8) is 0 Å². The molecule has 162 valence electrons. The maximum Gasteiger partial charge on any atom is 0.325 e. The van der Waals surface area contributed by atoms with E-state index in [1.54, 1.807) is 25.7 Å². The summed E-state index contributed by atoms with van der Waals surface area (Å²) in [6, 6.07) is 9.94. The number of hydrogen-bond donors (Lipinski definition) is 1. The molecule has 31 heavy (non-hydrogen) atoms. The van der Waals surface area contributed by atoms with Crippen LogP contribution in [0, 0.1) is 0 Å². The summed E-state index contributed by atoms with van der Waals surface area (Å²) in [4.78, 5) is 28.5. The van der Waals surface area contributed by atoms with E-state index in [1.807, 2.05) is 12.1 Å². The Bertz CT molecular complexity index is 1100. The van der Waals surface area contributed by atoms with Crippen molar-refractivity contribution in [3.05, 3.63) is 63.1 Å². The zero-order valence-electron chi connectivity index (χ0n) is 16.6. The standard InChI is InChI=1S/C21H18Cl2N2O5S/c1-28-17-6-4-13(8-18(17)29-2)21-25-14(11-31-21)10-30-19(26)9-24-20(27)12-3-5-15(22)16(23)7-12/h3-8,11H,9-10H2,1-2H3,(H,24,27). The number of methoxy groups -OCH3 is 2. The van der Waals surface area contributed by atoms with E-state index in [1.165, 1.54) is 29.5 Å². The van der Waals surface area contributed by atoms with E-state index >= 15 is 0 Å². The zero-order valence-corrected chi connectivity index (χ0v) is 18.9. The molecule has 1 heterocycles. The van der Waals surface area contributed by atoms with Crippen LogP contribution in [0.4, 0.5) is 0 Å². The average molecular weight is 481 g/mol. The van der Waals surface area contributed by atoms with E-state index in [4.69, 9.17) is 37.4 Å². The lowest BCUT2D eigenvalue weighted by Gasteiger charge is -2.08. The minimum absolute atomic E-state index is 0.00866. The van der Waals surface area contributed by atoms with Crippen molar-refractivity contribution in [1.29, 1.82) is 0 Å². The molecule has 0 aliphatic rings. The third-order valence-corrected chi connectivity index (χ3v) is 5.82. The smallest absolute Gasteiger partial charge is 0.325 e. The highest BCUT2D eigenvalue weighted by molar-refractivity contribution is 7.13. The highest BCUT2D eigenvalue weighted by Gasteiger charge is 2.13. The van der Waals surface area contributed by atoms with Gasteiger partial charge in [0.2, 0.25) is 0 Å². The van der Waals surface area contributed by atoms with Crippen molar-refractivity contribution in [2.24, 2.45) is 0 Å². The number of carbonyl (C=O) groups is 2. The van der Waals surface area contributed by atoms with E-state index < -0.39 is 11.9 Å². The molecule has 0 saturated carbocycles. The molecule has 7 nitrogen and oxygen atoms in total. The third kappa shape index (κ3) is 5.88. The van der Waals surface area contributed by atoms with Gasteiger partial charge >= 0.3 is 5.97 Å². The number of halogens is 2. The van der Waals surface area contributed by atoms with Crippen LogP contribution in [-0.2, 0) is 16.1 Å². The maximum atomic E-state index is 12.1. The first-order valence-electron chi connectivity index (χ1n) is 8.97. The number of amides is 1. The molecule has 1 aromatic heterocycles. The highest BCUT2D eigenvalue weighted by Crippen LogP contribution is 2.33. The molecule has 10 heteroatoms. The predicted molar refractivity (Wildman–Crippen MR) is 119 cm³/mol. The van der Waals surface area contributed by atoms with Gasteiger partial charge < -0.3 is 19.5 Å². The van der Waals surface area contributed by atoms with Gasteiger partial charge in [0.1, 0.15) is 18.2 Å². The largest absolute Gasteiger partial charge is 0.493 e. The van der Waals surface area contributed by atoms with Crippen LogP contribution < -0.4 is 14.8 Å². The van der Waals surface area contributed by atoms with Crippen LogP contribution in [0.3, 0.4) is 0 Å². The fourth-order valence-electron chi connectivity index (χ4n) is 2.57. The number of ether oxygens (including phenoxy) is 3. The summed E-state index contributed by atoms with van der Waals surface area (Å²) in [5, 5.41) is 5.62. The minimum Gasteiger partial charge on any atom is -0.493 e. The number of thiazole rings is 1. The van der Waals surface area contributed by atoms with E-state index in [0.717, 1.165) is 10.6 Å². The van der Waals surface area contributed by atoms with Gasteiger partial charge in [0.05, 0.1) is 30.0 Å². The first-order valence-corrected chi connectivity index (χ1v) is 10.6. The van der Waals surface area contributed by atoms with Crippen molar-refractivity contribution in [2.45, 2.75) is 6.61 Å². The summed E-state index contributed by atoms with van der Waals surface area (Å²) < 4.78 is 15.7. The zero-order chi connectivity index (χ0) is 22.4. The topological polar surface area (TPSA) is 86.8 Å². The second-order valence-corrected chi connectivity index (χ2v) is 7.86. The summed E-state index contributed by atoms with van der Waals surface area (Å²) in [5.74, 6) is 0.176. The molecule has 0 radical (unpaired) electrons. The Morgan fingerprint density at radius 3 is 2.52 bits per heavy atom. The van der Waals surface area contributed by atoms with Gasteiger partial charge in [-0.3, -0.25) is 9.59 Å². The Hall–Kier alpha value is -2.81. The molecule has 0 fully saturated rings. The number of nitrogens with zero attached hydrogens (tertiary/aromatic N) is 1.